The molecule has 1 amide bonds. The molecule has 3 rings (SSSR count). The number of amides is 1. The molecule has 0 saturated heterocycles. The van der Waals surface area contributed by atoms with Crippen LogP contribution in [0.1, 0.15) is 43.9 Å². The summed E-state index contributed by atoms with van der Waals surface area (Å²) in [6, 6.07) is 14.8. The van der Waals surface area contributed by atoms with Gasteiger partial charge in [-0.3, -0.25) is 4.79 Å². The van der Waals surface area contributed by atoms with Crippen LogP contribution in [-0.4, -0.2) is 43.9 Å². The molecule has 2 unspecified atom stereocenters. The zero-order chi connectivity index (χ0) is 20.8. The van der Waals surface area contributed by atoms with Crippen molar-refractivity contribution in [3.63, 3.8) is 0 Å². The summed E-state index contributed by atoms with van der Waals surface area (Å²) in [4.78, 5) is 12.3. The average molecular weight is 395 g/mol. The van der Waals surface area contributed by atoms with Gasteiger partial charge in [-0.1, -0.05) is 38.1 Å². The SMILES string of the molecule is CC(Oc1ccc(-n2cnnn2)cc1)C(=O)NCC(O)c1ccc(C(C)C)cc1. The average Bonchev–Trinajstić information content (AvgIpc) is 3.27. The number of ether oxygens (including phenoxy) is 1. The van der Waals surface area contributed by atoms with Gasteiger partial charge in [-0.25, -0.2) is 4.68 Å². The smallest absolute Gasteiger partial charge is 0.260 e. The predicted octanol–water partition coefficient (Wildman–Crippen LogP) is 2.40. The molecule has 1 aromatic heterocycles. The number of nitrogens with one attached hydrogen (secondary N) is 1. The standard InChI is InChI=1S/C21H25N5O3/c1-14(2)16-4-6-17(7-5-16)20(27)12-22-21(28)15(3)29-19-10-8-18(9-11-19)26-13-23-24-25-26/h4-11,13-15,20,27H,12H2,1-3H3,(H,22,28). The minimum atomic E-state index is -0.775. The van der Waals surface area contributed by atoms with Gasteiger partial charge in [-0.05, 0) is 58.7 Å². The number of hydrogen-bond acceptors (Lipinski definition) is 6. The molecular weight excluding hydrogens is 370 g/mol. The van der Waals surface area contributed by atoms with Crippen molar-refractivity contribution in [2.45, 2.75) is 38.9 Å². The Kier molecular flexibility index (Phi) is 6.56. The Morgan fingerprint density at radius 1 is 1.07 bits per heavy atom. The van der Waals surface area contributed by atoms with Gasteiger partial charge in [-0.15, -0.1) is 5.10 Å². The summed E-state index contributed by atoms with van der Waals surface area (Å²) >= 11 is 0. The van der Waals surface area contributed by atoms with E-state index in [9.17, 15) is 9.90 Å². The first-order valence-electron chi connectivity index (χ1n) is 9.49. The first kappa shape index (κ1) is 20.5. The van der Waals surface area contributed by atoms with Crippen LogP contribution in [0.25, 0.3) is 5.69 Å². The van der Waals surface area contributed by atoms with Crippen LogP contribution in [0, 0.1) is 0 Å². The minimum absolute atomic E-state index is 0.117. The minimum Gasteiger partial charge on any atom is -0.481 e. The number of aromatic nitrogens is 4. The molecule has 0 aliphatic carbocycles. The maximum atomic E-state index is 12.3. The van der Waals surface area contributed by atoms with E-state index in [2.05, 4.69) is 34.7 Å². The maximum absolute atomic E-state index is 12.3. The van der Waals surface area contributed by atoms with Gasteiger partial charge in [0.15, 0.2) is 6.10 Å². The van der Waals surface area contributed by atoms with E-state index in [1.165, 1.54) is 16.6 Å². The Balaban J connectivity index is 1.49. The molecule has 8 heteroatoms. The lowest BCUT2D eigenvalue weighted by molar-refractivity contribution is -0.127. The number of hydrogen-bond donors (Lipinski definition) is 2. The molecule has 8 nitrogen and oxygen atoms in total. The number of carbonyl (C=O) groups excluding carboxylic acids is 1. The molecule has 152 valence electrons. The Labute approximate surface area is 169 Å². The van der Waals surface area contributed by atoms with E-state index in [1.807, 2.05) is 24.3 Å². The van der Waals surface area contributed by atoms with Gasteiger partial charge in [-0.2, -0.15) is 0 Å². The van der Waals surface area contributed by atoms with E-state index in [0.29, 0.717) is 11.7 Å². The monoisotopic (exact) mass is 395 g/mol. The Bertz CT molecular complexity index is 909. The number of benzene rings is 2. The molecule has 3 aromatic rings. The van der Waals surface area contributed by atoms with E-state index < -0.39 is 12.2 Å². The zero-order valence-corrected chi connectivity index (χ0v) is 16.7. The largest absolute Gasteiger partial charge is 0.481 e. The Morgan fingerprint density at radius 2 is 1.72 bits per heavy atom. The molecular formula is C21H25N5O3. The fraction of sp³-hybridized carbons (Fsp3) is 0.333. The van der Waals surface area contributed by atoms with Gasteiger partial charge < -0.3 is 15.2 Å². The molecule has 0 spiro atoms. The molecule has 2 N–H and O–H groups in total. The van der Waals surface area contributed by atoms with E-state index in [1.54, 1.807) is 31.2 Å². The van der Waals surface area contributed by atoms with Crippen molar-refractivity contribution in [1.29, 1.82) is 0 Å². The molecule has 2 aromatic carbocycles. The van der Waals surface area contributed by atoms with Gasteiger partial charge in [0.05, 0.1) is 11.8 Å². The quantitative estimate of drug-likeness (QED) is 0.607. The van der Waals surface area contributed by atoms with E-state index in [0.717, 1.165) is 11.3 Å². The summed E-state index contributed by atoms with van der Waals surface area (Å²) in [5.41, 5.74) is 2.76. The molecule has 0 fully saturated rings. The number of tetrazole rings is 1. The van der Waals surface area contributed by atoms with Crippen LogP contribution in [-0.2, 0) is 4.79 Å². The summed E-state index contributed by atoms with van der Waals surface area (Å²) in [5.74, 6) is 0.683. The van der Waals surface area contributed by atoms with Crippen molar-refractivity contribution >= 4 is 5.91 Å². The highest BCUT2D eigenvalue weighted by Gasteiger charge is 2.17. The third kappa shape index (κ3) is 5.39. The first-order valence-corrected chi connectivity index (χ1v) is 9.49. The van der Waals surface area contributed by atoms with Gasteiger partial charge in [0.1, 0.15) is 12.1 Å². The summed E-state index contributed by atoms with van der Waals surface area (Å²) in [6.45, 7) is 6.01. The van der Waals surface area contributed by atoms with Crippen LogP contribution in [0.2, 0.25) is 0 Å². The van der Waals surface area contributed by atoms with Crippen LogP contribution < -0.4 is 10.1 Å². The summed E-state index contributed by atoms with van der Waals surface area (Å²) < 4.78 is 7.20. The molecule has 2 atom stereocenters. The topological polar surface area (TPSA) is 102 Å². The van der Waals surface area contributed by atoms with Gasteiger partial charge in [0.25, 0.3) is 5.91 Å². The van der Waals surface area contributed by atoms with E-state index >= 15 is 0 Å². The fourth-order valence-electron chi connectivity index (χ4n) is 2.78. The third-order valence-electron chi connectivity index (χ3n) is 4.59. The van der Waals surface area contributed by atoms with Gasteiger partial charge >= 0.3 is 0 Å². The number of aliphatic hydroxyl groups excluding tert-OH is 1. The second-order valence-electron chi connectivity index (χ2n) is 7.09. The van der Waals surface area contributed by atoms with Crippen molar-refractivity contribution in [3.8, 4) is 11.4 Å². The highest BCUT2D eigenvalue weighted by molar-refractivity contribution is 5.80. The summed E-state index contributed by atoms with van der Waals surface area (Å²) in [7, 11) is 0. The molecule has 0 aliphatic heterocycles. The van der Waals surface area contributed by atoms with Gasteiger partial charge in [0.2, 0.25) is 0 Å². The van der Waals surface area contributed by atoms with E-state index in [-0.39, 0.29) is 12.5 Å². The van der Waals surface area contributed by atoms with E-state index in [4.69, 9.17) is 4.74 Å². The van der Waals surface area contributed by atoms with Crippen LogP contribution >= 0.6 is 0 Å². The Morgan fingerprint density at radius 3 is 2.31 bits per heavy atom. The number of rotatable bonds is 8. The molecule has 0 aliphatic rings. The molecule has 0 saturated carbocycles. The van der Waals surface area contributed by atoms with Crippen LogP contribution in [0.5, 0.6) is 5.75 Å². The Hall–Kier alpha value is -3.26. The molecule has 0 radical (unpaired) electrons. The second kappa shape index (κ2) is 9.29. The highest BCUT2D eigenvalue weighted by Crippen LogP contribution is 2.19. The van der Waals surface area contributed by atoms with Crippen LogP contribution in [0.4, 0.5) is 0 Å². The normalized spacial score (nSPS) is 13.1. The van der Waals surface area contributed by atoms with Crippen molar-refractivity contribution in [2.24, 2.45) is 0 Å². The maximum Gasteiger partial charge on any atom is 0.260 e. The zero-order valence-electron chi connectivity index (χ0n) is 16.7. The lowest BCUT2D eigenvalue weighted by Crippen LogP contribution is -2.38. The third-order valence-corrected chi connectivity index (χ3v) is 4.59. The van der Waals surface area contributed by atoms with Crippen molar-refractivity contribution in [2.75, 3.05) is 6.54 Å². The van der Waals surface area contributed by atoms with Crippen LogP contribution in [0.15, 0.2) is 54.9 Å². The second-order valence-corrected chi connectivity index (χ2v) is 7.09. The molecule has 0 bridgehead atoms. The number of carbonyl (C=O) groups is 1. The van der Waals surface area contributed by atoms with Crippen molar-refractivity contribution < 1.29 is 14.6 Å². The lowest BCUT2D eigenvalue weighted by atomic mass is 10.00. The summed E-state index contributed by atoms with van der Waals surface area (Å²) in [5, 5.41) is 24.0. The fourth-order valence-corrected chi connectivity index (χ4v) is 2.78. The van der Waals surface area contributed by atoms with Crippen molar-refractivity contribution in [1.82, 2.24) is 25.5 Å². The first-order chi connectivity index (χ1) is 13.9. The van der Waals surface area contributed by atoms with Gasteiger partial charge in [0, 0.05) is 6.54 Å². The number of aliphatic hydroxyl groups is 1. The molecule has 29 heavy (non-hydrogen) atoms. The number of nitrogens with zero attached hydrogens (tertiary/aromatic N) is 4. The molecule has 1 heterocycles. The van der Waals surface area contributed by atoms with Crippen LogP contribution in [0.3, 0.4) is 0 Å². The van der Waals surface area contributed by atoms with Crippen molar-refractivity contribution in [3.05, 3.63) is 66.0 Å². The predicted molar refractivity (Wildman–Crippen MR) is 108 cm³/mol. The lowest BCUT2D eigenvalue weighted by Gasteiger charge is -2.17. The highest BCUT2D eigenvalue weighted by atomic mass is 16.5. The summed E-state index contributed by atoms with van der Waals surface area (Å²) in [6.07, 6.45) is 0.0144.